The van der Waals surface area contributed by atoms with Crippen LogP contribution in [0.25, 0.3) is 22.6 Å². The molecule has 2 aromatic heterocycles. The van der Waals surface area contributed by atoms with E-state index in [-0.39, 0.29) is 0 Å². The molecule has 0 fully saturated rings. The fourth-order valence-electron chi connectivity index (χ4n) is 3.77. The number of carbonyl (C=O) groups is 1. The minimum Gasteiger partial charge on any atom is -0.489 e. The van der Waals surface area contributed by atoms with E-state index in [0.29, 0.717) is 40.7 Å². The molecule has 34 heavy (non-hydrogen) atoms. The number of benzene rings is 3. The average molecular weight is 473 g/mol. The summed E-state index contributed by atoms with van der Waals surface area (Å²) in [5.74, 6) is 2.14. The van der Waals surface area contributed by atoms with Gasteiger partial charge in [-0.1, -0.05) is 48.0 Å². The molecular weight excluding hydrogens is 452 g/mol. The molecule has 0 bridgehead atoms. The van der Waals surface area contributed by atoms with E-state index in [1.807, 2.05) is 66.7 Å². The van der Waals surface area contributed by atoms with Gasteiger partial charge in [-0.05, 0) is 48.0 Å². The molecule has 2 heterocycles. The van der Waals surface area contributed by atoms with Crippen molar-refractivity contribution in [3.05, 3.63) is 106 Å². The van der Waals surface area contributed by atoms with Crippen molar-refractivity contribution < 1.29 is 18.7 Å². The summed E-state index contributed by atoms with van der Waals surface area (Å²) in [4.78, 5) is 19.8. The second kappa shape index (κ2) is 9.45. The smallest absolute Gasteiger partial charge is 0.340 e. The topological polar surface area (TPSA) is 77.4 Å². The summed E-state index contributed by atoms with van der Waals surface area (Å²) in [7, 11) is 1.35. The zero-order valence-electron chi connectivity index (χ0n) is 18.4. The molecule has 5 rings (SSSR count). The number of fused-ring (bicyclic) bond motifs is 1. The Kier molecular flexibility index (Phi) is 6.06. The predicted octanol–water partition coefficient (Wildman–Crippen LogP) is 6.43. The van der Waals surface area contributed by atoms with Crippen LogP contribution in [0.5, 0.6) is 5.75 Å². The number of hydrogen-bond acceptors (Lipinski definition) is 5. The van der Waals surface area contributed by atoms with E-state index >= 15 is 0 Å². The van der Waals surface area contributed by atoms with Crippen LogP contribution in [-0.4, -0.2) is 23.0 Å². The van der Waals surface area contributed by atoms with Gasteiger partial charge < -0.3 is 18.9 Å². The second-order valence-electron chi connectivity index (χ2n) is 7.75. The lowest BCUT2D eigenvalue weighted by atomic mass is 10.1. The number of esters is 1. The van der Waals surface area contributed by atoms with Gasteiger partial charge in [-0.3, -0.25) is 0 Å². The standard InChI is InChI=1S/C27H21ClN2O4/c1-32-27(31)21-8-5-9-22-25(21)30-26(29-22)24-13-11-20(34-24)15-18-14-19(28)10-12-23(18)33-16-17-6-3-2-4-7-17/h2-14H,15-16H2,1H3,(H,29,30). The third-order valence-corrected chi connectivity index (χ3v) is 5.67. The first-order chi connectivity index (χ1) is 16.6. The summed E-state index contributed by atoms with van der Waals surface area (Å²) in [6, 6.07) is 24.6. The van der Waals surface area contributed by atoms with Crippen LogP contribution in [0.3, 0.4) is 0 Å². The zero-order valence-corrected chi connectivity index (χ0v) is 19.1. The Bertz CT molecular complexity index is 1460. The van der Waals surface area contributed by atoms with E-state index in [0.717, 1.165) is 28.2 Å². The Morgan fingerprint density at radius 1 is 1.03 bits per heavy atom. The molecule has 0 saturated carbocycles. The van der Waals surface area contributed by atoms with E-state index in [1.165, 1.54) is 7.11 Å². The average Bonchev–Trinajstić information content (AvgIpc) is 3.50. The number of para-hydroxylation sites is 1. The molecule has 1 N–H and O–H groups in total. The van der Waals surface area contributed by atoms with Crippen LogP contribution in [0, 0.1) is 0 Å². The lowest BCUT2D eigenvalue weighted by Gasteiger charge is -2.11. The fourth-order valence-corrected chi connectivity index (χ4v) is 3.97. The van der Waals surface area contributed by atoms with Crippen molar-refractivity contribution in [3.8, 4) is 17.3 Å². The Balaban J connectivity index is 1.39. The SMILES string of the molecule is COC(=O)c1cccc2[nH]c(-c3ccc(Cc4cc(Cl)ccc4OCc4ccccc4)o3)nc12. The lowest BCUT2D eigenvalue weighted by Crippen LogP contribution is -2.01. The zero-order chi connectivity index (χ0) is 23.5. The first kappa shape index (κ1) is 21.8. The molecule has 170 valence electrons. The Morgan fingerprint density at radius 2 is 1.88 bits per heavy atom. The van der Waals surface area contributed by atoms with Crippen LogP contribution < -0.4 is 4.74 Å². The third kappa shape index (κ3) is 4.54. The van der Waals surface area contributed by atoms with Gasteiger partial charge in [0.1, 0.15) is 23.6 Å². The molecule has 0 radical (unpaired) electrons. The van der Waals surface area contributed by atoms with E-state index < -0.39 is 5.97 Å². The summed E-state index contributed by atoms with van der Waals surface area (Å²) >= 11 is 6.26. The lowest BCUT2D eigenvalue weighted by molar-refractivity contribution is 0.0603. The molecule has 0 aliphatic rings. The maximum Gasteiger partial charge on any atom is 0.340 e. The summed E-state index contributed by atoms with van der Waals surface area (Å²) in [5, 5.41) is 0.626. The van der Waals surface area contributed by atoms with Crippen LogP contribution in [0.2, 0.25) is 5.02 Å². The molecular formula is C27H21ClN2O4. The van der Waals surface area contributed by atoms with Crippen LogP contribution in [0.1, 0.15) is 27.2 Å². The largest absolute Gasteiger partial charge is 0.489 e. The van der Waals surface area contributed by atoms with Gasteiger partial charge in [-0.15, -0.1) is 0 Å². The number of aromatic nitrogens is 2. The van der Waals surface area contributed by atoms with E-state index in [1.54, 1.807) is 12.1 Å². The van der Waals surface area contributed by atoms with Crippen LogP contribution in [-0.2, 0) is 17.8 Å². The number of imidazole rings is 1. The normalized spacial score (nSPS) is 11.0. The first-order valence-electron chi connectivity index (χ1n) is 10.7. The van der Waals surface area contributed by atoms with E-state index in [4.69, 9.17) is 25.5 Å². The molecule has 0 spiro atoms. The molecule has 5 aromatic rings. The number of furan rings is 1. The number of nitrogens with one attached hydrogen (secondary N) is 1. The van der Waals surface area contributed by atoms with Crippen molar-refractivity contribution in [1.82, 2.24) is 9.97 Å². The van der Waals surface area contributed by atoms with Crippen molar-refractivity contribution in [3.63, 3.8) is 0 Å². The maximum absolute atomic E-state index is 12.1. The number of rotatable bonds is 7. The van der Waals surface area contributed by atoms with Crippen LogP contribution >= 0.6 is 11.6 Å². The monoisotopic (exact) mass is 472 g/mol. The van der Waals surface area contributed by atoms with Crippen molar-refractivity contribution in [2.75, 3.05) is 7.11 Å². The van der Waals surface area contributed by atoms with Gasteiger partial charge in [0.2, 0.25) is 0 Å². The van der Waals surface area contributed by atoms with Crippen molar-refractivity contribution in [2.24, 2.45) is 0 Å². The number of ether oxygens (including phenoxy) is 2. The van der Waals surface area contributed by atoms with Gasteiger partial charge in [-0.25, -0.2) is 9.78 Å². The molecule has 6 nitrogen and oxygen atoms in total. The quantitative estimate of drug-likeness (QED) is 0.276. The third-order valence-electron chi connectivity index (χ3n) is 5.44. The molecule has 0 unspecified atom stereocenters. The summed E-state index contributed by atoms with van der Waals surface area (Å²) in [5.41, 5.74) is 3.66. The number of halogens is 1. The van der Waals surface area contributed by atoms with Gasteiger partial charge in [0.25, 0.3) is 0 Å². The highest BCUT2D eigenvalue weighted by Gasteiger charge is 2.17. The summed E-state index contributed by atoms with van der Waals surface area (Å²) in [6.07, 6.45) is 0.498. The number of carbonyl (C=O) groups excluding carboxylic acids is 1. The minimum atomic E-state index is -0.437. The van der Waals surface area contributed by atoms with Crippen molar-refractivity contribution in [2.45, 2.75) is 13.0 Å². The highest BCUT2D eigenvalue weighted by atomic mass is 35.5. The predicted molar refractivity (Wildman–Crippen MR) is 130 cm³/mol. The van der Waals surface area contributed by atoms with E-state index in [2.05, 4.69) is 9.97 Å². The summed E-state index contributed by atoms with van der Waals surface area (Å²) in [6.45, 7) is 0.459. The van der Waals surface area contributed by atoms with Gasteiger partial charge in [0.15, 0.2) is 11.6 Å². The maximum atomic E-state index is 12.1. The van der Waals surface area contributed by atoms with Crippen LogP contribution in [0.4, 0.5) is 0 Å². The van der Waals surface area contributed by atoms with Gasteiger partial charge in [-0.2, -0.15) is 0 Å². The van der Waals surface area contributed by atoms with E-state index in [9.17, 15) is 4.79 Å². The number of hydrogen-bond donors (Lipinski definition) is 1. The molecule has 0 amide bonds. The second-order valence-corrected chi connectivity index (χ2v) is 8.18. The molecule has 0 saturated heterocycles. The Hall–Kier alpha value is -4.03. The first-order valence-corrected chi connectivity index (χ1v) is 11.1. The van der Waals surface area contributed by atoms with Crippen LogP contribution in [0.15, 0.2) is 83.3 Å². The number of H-pyrrole nitrogens is 1. The van der Waals surface area contributed by atoms with Crippen molar-refractivity contribution in [1.29, 1.82) is 0 Å². The minimum absolute atomic E-state index is 0.397. The molecule has 7 heteroatoms. The molecule has 3 aromatic carbocycles. The number of aromatic amines is 1. The molecule has 0 aliphatic carbocycles. The highest BCUT2D eigenvalue weighted by molar-refractivity contribution is 6.30. The summed E-state index contributed by atoms with van der Waals surface area (Å²) < 4.78 is 17.0. The molecule has 0 atom stereocenters. The van der Waals surface area contributed by atoms with Gasteiger partial charge >= 0.3 is 5.97 Å². The molecule has 0 aliphatic heterocycles. The van der Waals surface area contributed by atoms with Gasteiger partial charge in [0, 0.05) is 17.0 Å². The number of nitrogens with zero attached hydrogens (tertiary/aromatic N) is 1. The highest BCUT2D eigenvalue weighted by Crippen LogP contribution is 2.29. The Labute approximate surface area is 201 Å². The van der Waals surface area contributed by atoms with Crippen molar-refractivity contribution >= 4 is 28.6 Å². The Morgan fingerprint density at radius 3 is 2.71 bits per heavy atom. The fraction of sp³-hybridized carbons (Fsp3) is 0.111. The number of methoxy groups -OCH3 is 1. The van der Waals surface area contributed by atoms with Gasteiger partial charge in [0.05, 0.1) is 18.2 Å².